The quantitative estimate of drug-likeness (QED) is 0.605. The molecule has 2 aromatic rings. The van der Waals surface area contributed by atoms with Crippen molar-refractivity contribution in [1.82, 2.24) is 15.1 Å². The first-order chi connectivity index (χ1) is 11.3. The Morgan fingerprint density at radius 1 is 1.38 bits per heavy atom. The minimum absolute atomic E-state index is 0.268. The molecule has 0 aliphatic heterocycles. The second-order valence-electron chi connectivity index (χ2n) is 5.14. The van der Waals surface area contributed by atoms with Gasteiger partial charge in [-0.05, 0) is 43.8 Å². The molecule has 4 nitrogen and oxygen atoms in total. The number of nitrogens with zero attached hydrogens (tertiary/aromatic N) is 2. The monoisotopic (exact) mass is 376 g/mol. The number of alkyl halides is 3. The topological polar surface area (TPSA) is 41.9 Å². The summed E-state index contributed by atoms with van der Waals surface area (Å²) in [5.74, 6) is 0. The van der Waals surface area contributed by atoms with Gasteiger partial charge in [0.2, 0.25) is 0 Å². The molecule has 0 fully saturated rings. The summed E-state index contributed by atoms with van der Waals surface area (Å²) in [6.07, 6.45) is -1.89. The second kappa shape index (κ2) is 7.85. The number of rotatable bonds is 5. The lowest BCUT2D eigenvalue weighted by molar-refractivity contribution is -0.137. The van der Waals surface area contributed by atoms with Crippen LogP contribution in [0, 0.1) is 6.92 Å². The molecule has 130 valence electrons. The summed E-state index contributed by atoms with van der Waals surface area (Å²) in [4.78, 5) is 0. The zero-order valence-electron chi connectivity index (χ0n) is 12.8. The number of nitrogens with one attached hydrogen (secondary N) is 2. The fourth-order valence-electron chi connectivity index (χ4n) is 2.00. The molecule has 0 saturated carbocycles. The van der Waals surface area contributed by atoms with Gasteiger partial charge in [-0.25, -0.2) is 0 Å². The van der Waals surface area contributed by atoms with Gasteiger partial charge in [-0.2, -0.15) is 18.3 Å². The van der Waals surface area contributed by atoms with E-state index in [1.165, 1.54) is 12.1 Å². The molecular formula is C15H16ClF3N4S. The van der Waals surface area contributed by atoms with Crippen LogP contribution in [-0.4, -0.2) is 21.4 Å². The second-order valence-corrected chi connectivity index (χ2v) is 5.95. The number of aromatic nitrogens is 2. The molecule has 24 heavy (non-hydrogen) atoms. The van der Waals surface area contributed by atoms with Crippen LogP contribution in [0.15, 0.2) is 30.5 Å². The van der Waals surface area contributed by atoms with Crippen LogP contribution in [0.3, 0.4) is 0 Å². The van der Waals surface area contributed by atoms with Crippen molar-refractivity contribution >= 4 is 34.6 Å². The smallest absolute Gasteiger partial charge is 0.362 e. The molecule has 0 saturated heterocycles. The average molecular weight is 377 g/mol. The molecule has 2 N–H and O–H groups in total. The normalized spacial score (nSPS) is 11.4. The van der Waals surface area contributed by atoms with Gasteiger partial charge in [0.05, 0.1) is 16.3 Å². The molecule has 0 unspecified atom stereocenters. The van der Waals surface area contributed by atoms with E-state index < -0.39 is 11.7 Å². The number of anilines is 1. The maximum absolute atomic E-state index is 12.7. The number of halogens is 4. The van der Waals surface area contributed by atoms with Gasteiger partial charge >= 0.3 is 6.18 Å². The molecule has 0 aliphatic rings. The molecule has 9 heteroatoms. The Morgan fingerprint density at radius 3 is 2.75 bits per heavy atom. The largest absolute Gasteiger partial charge is 0.416 e. The molecule has 1 aromatic heterocycles. The van der Waals surface area contributed by atoms with Crippen LogP contribution >= 0.6 is 23.8 Å². The Balaban J connectivity index is 1.77. The lowest BCUT2D eigenvalue weighted by Crippen LogP contribution is -2.29. The molecule has 1 aromatic carbocycles. The Kier molecular flexibility index (Phi) is 6.06. The highest BCUT2D eigenvalue weighted by atomic mass is 35.5. The Labute approximate surface area is 148 Å². The summed E-state index contributed by atoms with van der Waals surface area (Å²) in [6, 6.07) is 4.89. The van der Waals surface area contributed by atoms with Crippen molar-refractivity contribution in [3.8, 4) is 0 Å². The fraction of sp³-hybridized carbons (Fsp3) is 0.333. The van der Waals surface area contributed by atoms with E-state index in [2.05, 4.69) is 15.7 Å². The number of aryl methyl sites for hydroxylation is 2. The number of thiocarbonyl (C=S) groups is 1. The summed E-state index contributed by atoms with van der Waals surface area (Å²) >= 11 is 11.0. The predicted octanol–water partition coefficient (Wildman–Crippen LogP) is 4.24. The van der Waals surface area contributed by atoms with Crippen molar-refractivity contribution in [3.05, 3.63) is 46.7 Å². The number of benzene rings is 1. The van der Waals surface area contributed by atoms with Crippen molar-refractivity contribution in [1.29, 1.82) is 0 Å². The van der Waals surface area contributed by atoms with Crippen LogP contribution in [0.4, 0.5) is 18.9 Å². The molecule has 1 heterocycles. The summed E-state index contributed by atoms with van der Waals surface area (Å²) in [5, 5.41) is 10.8. The van der Waals surface area contributed by atoms with Gasteiger partial charge in [0.15, 0.2) is 5.11 Å². The van der Waals surface area contributed by atoms with E-state index in [1.54, 1.807) is 10.9 Å². The number of hydrogen-bond donors (Lipinski definition) is 2. The van der Waals surface area contributed by atoms with Gasteiger partial charge in [-0.3, -0.25) is 4.68 Å². The highest BCUT2D eigenvalue weighted by molar-refractivity contribution is 7.80. The molecule has 0 radical (unpaired) electrons. The molecular weight excluding hydrogens is 361 g/mol. The van der Waals surface area contributed by atoms with E-state index in [-0.39, 0.29) is 10.8 Å². The third kappa shape index (κ3) is 5.38. The Bertz CT molecular complexity index is 695. The van der Waals surface area contributed by atoms with Gasteiger partial charge in [0.1, 0.15) is 0 Å². The maximum atomic E-state index is 12.7. The van der Waals surface area contributed by atoms with Crippen molar-refractivity contribution < 1.29 is 13.2 Å². The zero-order valence-corrected chi connectivity index (χ0v) is 14.4. The molecule has 0 bridgehead atoms. The van der Waals surface area contributed by atoms with E-state index in [0.717, 1.165) is 24.2 Å². The van der Waals surface area contributed by atoms with Crippen LogP contribution < -0.4 is 10.6 Å². The molecule has 0 aliphatic carbocycles. The fourth-order valence-corrected chi connectivity index (χ4v) is 2.37. The molecule has 0 spiro atoms. The van der Waals surface area contributed by atoms with Crippen molar-refractivity contribution in [2.45, 2.75) is 26.1 Å². The Hall–Kier alpha value is -1.80. The lowest BCUT2D eigenvalue weighted by Gasteiger charge is -2.12. The third-order valence-electron chi connectivity index (χ3n) is 3.18. The number of hydrogen-bond acceptors (Lipinski definition) is 2. The summed E-state index contributed by atoms with van der Waals surface area (Å²) in [5.41, 5.74) is 0.337. The van der Waals surface area contributed by atoms with E-state index in [4.69, 9.17) is 23.8 Å². The maximum Gasteiger partial charge on any atom is 0.416 e. The summed E-state index contributed by atoms with van der Waals surface area (Å²) in [6.45, 7) is 3.04. The SMILES string of the molecule is Cc1nn(CCCNC(=S)Nc2cccc(C(F)(F)F)c2)cc1Cl. The zero-order chi connectivity index (χ0) is 17.7. The van der Waals surface area contributed by atoms with Crippen LogP contribution in [0.2, 0.25) is 5.02 Å². The molecule has 2 rings (SSSR count). The van der Waals surface area contributed by atoms with Crippen LogP contribution in [-0.2, 0) is 12.7 Å². The predicted molar refractivity (Wildman–Crippen MR) is 92.3 cm³/mol. The first kappa shape index (κ1) is 18.5. The third-order valence-corrected chi connectivity index (χ3v) is 3.80. The van der Waals surface area contributed by atoms with Crippen LogP contribution in [0.5, 0.6) is 0 Å². The van der Waals surface area contributed by atoms with Gasteiger partial charge in [-0.1, -0.05) is 17.7 Å². The van der Waals surface area contributed by atoms with Crippen LogP contribution in [0.25, 0.3) is 0 Å². The highest BCUT2D eigenvalue weighted by Gasteiger charge is 2.30. The first-order valence-corrected chi connectivity index (χ1v) is 7.96. The first-order valence-electron chi connectivity index (χ1n) is 7.17. The van der Waals surface area contributed by atoms with Gasteiger partial charge in [0.25, 0.3) is 0 Å². The van der Waals surface area contributed by atoms with E-state index in [0.29, 0.717) is 18.1 Å². The van der Waals surface area contributed by atoms with Gasteiger partial charge in [-0.15, -0.1) is 0 Å². The van der Waals surface area contributed by atoms with Crippen molar-refractivity contribution in [2.75, 3.05) is 11.9 Å². The van der Waals surface area contributed by atoms with E-state index >= 15 is 0 Å². The minimum atomic E-state index is -4.38. The van der Waals surface area contributed by atoms with Crippen molar-refractivity contribution in [2.24, 2.45) is 0 Å². The summed E-state index contributed by atoms with van der Waals surface area (Å²) in [7, 11) is 0. The van der Waals surface area contributed by atoms with Crippen molar-refractivity contribution in [3.63, 3.8) is 0 Å². The minimum Gasteiger partial charge on any atom is -0.362 e. The van der Waals surface area contributed by atoms with Crippen LogP contribution in [0.1, 0.15) is 17.7 Å². The van der Waals surface area contributed by atoms with E-state index in [1.807, 2.05) is 6.92 Å². The van der Waals surface area contributed by atoms with E-state index in [9.17, 15) is 13.2 Å². The highest BCUT2D eigenvalue weighted by Crippen LogP contribution is 2.30. The van der Waals surface area contributed by atoms with Gasteiger partial charge in [0, 0.05) is 25.0 Å². The molecule has 0 amide bonds. The Morgan fingerprint density at radius 2 is 2.12 bits per heavy atom. The lowest BCUT2D eigenvalue weighted by atomic mass is 10.2. The standard InChI is InChI=1S/C15H16ClF3N4S/c1-10-13(16)9-23(22-10)7-3-6-20-14(24)21-12-5-2-4-11(8-12)15(17,18)19/h2,4-5,8-9H,3,6-7H2,1H3,(H2,20,21,24). The summed E-state index contributed by atoms with van der Waals surface area (Å²) < 4.78 is 39.7. The molecule has 0 atom stereocenters. The van der Waals surface area contributed by atoms with Gasteiger partial charge < -0.3 is 10.6 Å². The average Bonchev–Trinajstić information content (AvgIpc) is 2.82.